The monoisotopic (exact) mass is 148 g/mol. The van der Waals surface area contributed by atoms with Crippen LogP contribution in [0.4, 0.5) is 4.11 Å². The van der Waals surface area contributed by atoms with Gasteiger partial charge in [0.1, 0.15) is 0 Å². The zero-order valence-corrected chi connectivity index (χ0v) is 8.12. The average molecular weight is 148 g/mol. The summed E-state index contributed by atoms with van der Waals surface area (Å²) in [6, 6.07) is 0. The zero-order valence-electron chi connectivity index (χ0n) is 6.71. The van der Waals surface area contributed by atoms with Crippen LogP contribution in [0, 0.1) is 0 Å². The number of halogens is 1. The van der Waals surface area contributed by atoms with Crippen molar-refractivity contribution in [3.05, 3.63) is 0 Å². The molecule has 0 amide bonds. The molecule has 0 saturated carbocycles. The van der Waals surface area contributed by atoms with Gasteiger partial charge in [0.05, 0.1) is 0 Å². The van der Waals surface area contributed by atoms with E-state index in [1.54, 1.807) is 0 Å². The molecule has 0 nitrogen and oxygen atoms in total. The molecule has 0 saturated heterocycles. The Hall–Kier alpha value is 0.147. The van der Waals surface area contributed by atoms with Gasteiger partial charge in [0.2, 0.25) is 9.85 Å². The van der Waals surface area contributed by atoms with E-state index < -0.39 is 9.85 Å². The average Bonchev–Trinajstić information content (AvgIpc) is 1.95. The second-order valence-electron chi connectivity index (χ2n) is 2.69. The minimum Gasteiger partial charge on any atom is -0.322 e. The van der Waals surface area contributed by atoms with E-state index in [-0.39, 0.29) is 5.04 Å². The highest BCUT2D eigenvalue weighted by Crippen LogP contribution is 2.37. The van der Waals surface area contributed by atoms with Gasteiger partial charge in [-0.15, -0.1) is 0 Å². The lowest BCUT2D eigenvalue weighted by molar-refractivity contribution is 0.474. The Bertz CT molecular complexity index is 51.8. The smallest absolute Gasteiger partial charge is 0.222 e. The van der Waals surface area contributed by atoms with Crippen LogP contribution < -0.4 is 0 Å². The molecule has 0 unspecified atom stereocenters. The fourth-order valence-corrected chi connectivity index (χ4v) is 1.60. The Morgan fingerprint density at radius 2 is 1.44 bits per heavy atom. The van der Waals surface area contributed by atoms with Crippen LogP contribution in [-0.4, -0.2) is 9.85 Å². The Kier molecular flexibility index (Phi) is 4.11. The van der Waals surface area contributed by atoms with E-state index in [1.165, 1.54) is 0 Å². The summed E-state index contributed by atoms with van der Waals surface area (Å²) < 4.78 is 12.5. The van der Waals surface area contributed by atoms with Crippen molar-refractivity contribution < 1.29 is 4.11 Å². The summed E-state index contributed by atoms with van der Waals surface area (Å²) in [7, 11) is -1.28. The molecule has 0 radical (unpaired) electrons. The molecular weight excluding hydrogens is 131 g/mol. The fourth-order valence-electron chi connectivity index (χ4n) is 1.03. The van der Waals surface area contributed by atoms with Crippen molar-refractivity contribution in [2.24, 2.45) is 0 Å². The lowest BCUT2D eigenvalue weighted by atomic mass is 9.99. The van der Waals surface area contributed by atoms with Gasteiger partial charge < -0.3 is 4.11 Å². The summed E-state index contributed by atoms with van der Waals surface area (Å²) in [4.78, 5) is 0. The first kappa shape index (κ1) is 9.15. The number of hydrogen-bond acceptors (Lipinski definition) is 0. The zero-order chi connectivity index (χ0) is 7.33. The van der Waals surface area contributed by atoms with Crippen LogP contribution in [-0.2, 0) is 0 Å². The quantitative estimate of drug-likeness (QED) is 0.424. The minimum absolute atomic E-state index is 0.139. The molecule has 0 rings (SSSR count). The highest BCUT2D eigenvalue weighted by Gasteiger charge is 2.23. The van der Waals surface area contributed by atoms with E-state index in [0.717, 1.165) is 19.3 Å². The van der Waals surface area contributed by atoms with Crippen molar-refractivity contribution in [1.29, 1.82) is 0 Å². The molecule has 0 aliphatic rings. The third-order valence-electron chi connectivity index (χ3n) is 2.53. The molecule has 9 heavy (non-hydrogen) atoms. The maximum Gasteiger partial charge on any atom is 0.222 e. The standard InChI is InChI=1S/C7H17FSi/c1-4-7(5-2,6-3)9-8/h4-6,9H2,1-3H3. The van der Waals surface area contributed by atoms with Gasteiger partial charge in [-0.05, 0) is 5.04 Å². The highest BCUT2D eigenvalue weighted by molar-refractivity contribution is 6.31. The second kappa shape index (κ2) is 4.04. The van der Waals surface area contributed by atoms with Gasteiger partial charge in [0.25, 0.3) is 0 Å². The molecule has 56 valence electrons. The van der Waals surface area contributed by atoms with Crippen molar-refractivity contribution in [1.82, 2.24) is 0 Å². The van der Waals surface area contributed by atoms with Crippen LogP contribution in [0.3, 0.4) is 0 Å². The van der Waals surface area contributed by atoms with Crippen molar-refractivity contribution in [3.8, 4) is 0 Å². The SMILES string of the molecule is CCC(CC)(CC)[SiH2]F. The summed E-state index contributed by atoms with van der Waals surface area (Å²) in [5, 5.41) is 0.139. The first-order valence-electron chi connectivity index (χ1n) is 3.80. The third-order valence-corrected chi connectivity index (χ3v) is 4.60. The normalized spacial score (nSPS) is 13.3. The topological polar surface area (TPSA) is 0 Å². The van der Waals surface area contributed by atoms with Gasteiger partial charge in [-0.1, -0.05) is 40.0 Å². The molecule has 0 heterocycles. The van der Waals surface area contributed by atoms with Crippen molar-refractivity contribution in [2.45, 2.75) is 45.1 Å². The largest absolute Gasteiger partial charge is 0.322 e. The van der Waals surface area contributed by atoms with Crippen LogP contribution >= 0.6 is 0 Å². The third kappa shape index (κ3) is 2.09. The number of rotatable bonds is 4. The van der Waals surface area contributed by atoms with Crippen molar-refractivity contribution in [2.75, 3.05) is 0 Å². The Balaban J connectivity index is 3.82. The van der Waals surface area contributed by atoms with Crippen LogP contribution in [0.15, 0.2) is 0 Å². The minimum atomic E-state index is -1.28. The predicted octanol–water partition coefficient (Wildman–Crippen LogP) is 2.43. The predicted molar refractivity (Wildman–Crippen MR) is 43.2 cm³/mol. The summed E-state index contributed by atoms with van der Waals surface area (Å²) in [6.45, 7) is 6.29. The summed E-state index contributed by atoms with van der Waals surface area (Å²) in [5.41, 5.74) is 0. The molecule has 0 aromatic carbocycles. The Labute approximate surface area is 59.8 Å². The van der Waals surface area contributed by atoms with Crippen LogP contribution in [0.2, 0.25) is 5.04 Å². The molecule has 0 spiro atoms. The van der Waals surface area contributed by atoms with E-state index in [2.05, 4.69) is 20.8 Å². The first-order chi connectivity index (χ1) is 4.24. The van der Waals surface area contributed by atoms with Gasteiger partial charge in [-0.3, -0.25) is 0 Å². The van der Waals surface area contributed by atoms with Gasteiger partial charge >= 0.3 is 0 Å². The molecule has 0 atom stereocenters. The second-order valence-corrected chi connectivity index (χ2v) is 4.46. The van der Waals surface area contributed by atoms with Gasteiger partial charge in [0, 0.05) is 0 Å². The molecule has 0 bridgehead atoms. The molecular formula is C7H17FSi. The molecule has 0 aromatic heterocycles. The van der Waals surface area contributed by atoms with Gasteiger partial charge in [0.15, 0.2) is 0 Å². The summed E-state index contributed by atoms with van der Waals surface area (Å²) >= 11 is 0. The molecule has 0 aliphatic heterocycles. The van der Waals surface area contributed by atoms with Crippen molar-refractivity contribution in [3.63, 3.8) is 0 Å². The van der Waals surface area contributed by atoms with Gasteiger partial charge in [-0.25, -0.2) is 0 Å². The van der Waals surface area contributed by atoms with E-state index in [1.807, 2.05) is 0 Å². The maximum absolute atomic E-state index is 12.5. The van der Waals surface area contributed by atoms with Crippen molar-refractivity contribution >= 4 is 9.85 Å². The van der Waals surface area contributed by atoms with Gasteiger partial charge in [-0.2, -0.15) is 0 Å². The Morgan fingerprint density at radius 1 is 1.11 bits per heavy atom. The molecule has 0 N–H and O–H groups in total. The maximum atomic E-state index is 12.5. The van der Waals surface area contributed by atoms with E-state index in [9.17, 15) is 4.11 Å². The van der Waals surface area contributed by atoms with E-state index in [4.69, 9.17) is 0 Å². The summed E-state index contributed by atoms with van der Waals surface area (Å²) in [6.07, 6.45) is 3.09. The van der Waals surface area contributed by atoms with Crippen LogP contribution in [0.1, 0.15) is 40.0 Å². The lowest BCUT2D eigenvalue weighted by Crippen LogP contribution is -2.14. The first-order valence-corrected chi connectivity index (χ1v) is 5.04. The lowest BCUT2D eigenvalue weighted by Gasteiger charge is -2.25. The van der Waals surface area contributed by atoms with E-state index in [0.29, 0.717) is 0 Å². The van der Waals surface area contributed by atoms with Crippen LogP contribution in [0.5, 0.6) is 0 Å². The fraction of sp³-hybridized carbons (Fsp3) is 1.00. The molecule has 0 aromatic rings. The van der Waals surface area contributed by atoms with E-state index >= 15 is 0 Å². The molecule has 0 aliphatic carbocycles. The molecule has 0 fully saturated rings. The van der Waals surface area contributed by atoms with Crippen LogP contribution in [0.25, 0.3) is 0 Å². The molecule has 2 heteroatoms. The Morgan fingerprint density at radius 3 is 1.44 bits per heavy atom. The highest BCUT2D eigenvalue weighted by atomic mass is 28.3. The summed E-state index contributed by atoms with van der Waals surface area (Å²) in [5.74, 6) is 0. The number of hydrogen-bond donors (Lipinski definition) is 0.